The van der Waals surface area contributed by atoms with E-state index in [1.807, 2.05) is 0 Å². The van der Waals surface area contributed by atoms with Crippen LogP contribution in [-0.2, 0) is 14.3 Å². The van der Waals surface area contributed by atoms with Gasteiger partial charge in [-0.25, -0.2) is 0 Å². The molecule has 5 heteroatoms. The summed E-state index contributed by atoms with van der Waals surface area (Å²) in [5, 5.41) is 3.80. The minimum Gasteiger partial charge on any atom is -0.382 e. The lowest BCUT2D eigenvalue weighted by Gasteiger charge is -2.23. The first-order valence-electron chi connectivity index (χ1n) is 5.41. The Hall–Kier alpha value is -0.130. The lowest BCUT2D eigenvalue weighted by molar-refractivity contribution is -0.126. The van der Waals surface area contributed by atoms with Crippen LogP contribution < -0.4 is 5.32 Å². The van der Waals surface area contributed by atoms with Gasteiger partial charge in [-0.05, 0) is 11.8 Å². The van der Waals surface area contributed by atoms with Crippen molar-refractivity contribution in [3.05, 3.63) is 0 Å². The summed E-state index contributed by atoms with van der Waals surface area (Å²) < 4.78 is 9.92. The molecule has 1 amide bonds. The highest BCUT2D eigenvalue weighted by atomic mass is 79.9. The van der Waals surface area contributed by atoms with Crippen LogP contribution in [0.15, 0.2) is 0 Å². The van der Waals surface area contributed by atoms with E-state index >= 15 is 0 Å². The molecule has 0 saturated carbocycles. The smallest absolute Gasteiger partial charge is 0.246 e. The summed E-state index contributed by atoms with van der Waals surface area (Å²) in [6, 6.07) is 0. The van der Waals surface area contributed by atoms with Crippen molar-refractivity contribution in [2.24, 2.45) is 5.41 Å². The van der Waals surface area contributed by atoms with Crippen molar-refractivity contribution in [2.75, 3.05) is 38.8 Å². The van der Waals surface area contributed by atoms with Crippen molar-refractivity contribution >= 4 is 21.8 Å². The van der Waals surface area contributed by atoms with E-state index in [1.165, 1.54) is 0 Å². The van der Waals surface area contributed by atoms with Gasteiger partial charge in [-0.15, -0.1) is 0 Å². The summed E-state index contributed by atoms with van der Waals surface area (Å²) in [7, 11) is 1.60. The first kappa shape index (κ1) is 15.9. The van der Waals surface area contributed by atoms with Gasteiger partial charge in [0.1, 0.15) is 6.61 Å². The Morgan fingerprint density at radius 2 is 2.06 bits per heavy atom. The maximum absolute atomic E-state index is 11.4. The Bertz CT molecular complexity index is 198. The maximum Gasteiger partial charge on any atom is 0.246 e. The second kappa shape index (κ2) is 8.96. The zero-order chi connectivity index (χ0) is 12.4. The van der Waals surface area contributed by atoms with Crippen LogP contribution in [0.3, 0.4) is 0 Å². The molecule has 4 nitrogen and oxygen atoms in total. The molecule has 0 aliphatic rings. The Kier molecular flexibility index (Phi) is 8.89. The molecule has 0 atom stereocenters. The van der Waals surface area contributed by atoms with E-state index < -0.39 is 0 Å². The maximum atomic E-state index is 11.4. The number of hydrogen-bond acceptors (Lipinski definition) is 3. The van der Waals surface area contributed by atoms with E-state index in [0.717, 1.165) is 11.8 Å². The first-order chi connectivity index (χ1) is 7.52. The molecule has 0 aromatic rings. The van der Waals surface area contributed by atoms with E-state index in [1.54, 1.807) is 7.11 Å². The second-order valence-corrected chi connectivity index (χ2v) is 5.22. The van der Waals surface area contributed by atoms with Gasteiger partial charge in [0, 0.05) is 19.0 Å². The lowest BCUT2D eigenvalue weighted by Crippen LogP contribution is -2.36. The summed E-state index contributed by atoms with van der Waals surface area (Å²) in [5.41, 5.74) is 0.117. The SMILES string of the molecule is COCCOCC(=O)NCC(C)(C)CCBr. The van der Waals surface area contributed by atoms with Crippen LogP contribution in [0.1, 0.15) is 20.3 Å². The average molecular weight is 296 g/mol. The van der Waals surface area contributed by atoms with Gasteiger partial charge in [-0.3, -0.25) is 4.79 Å². The Balaban J connectivity index is 3.56. The monoisotopic (exact) mass is 295 g/mol. The topological polar surface area (TPSA) is 47.6 Å². The average Bonchev–Trinajstić information content (AvgIpc) is 2.22. The molecule has 0 spiro atoms. The number of carbonyl (C=O) groups is 1. The molecule has 0 radical (unpaired) electrons. The van der Waals surface area contributed by atoms with Gasteiger partial charge in [0.25, 0.3) is 0 Å². The van der Waals surface area contributed by atoms with Crippen LogP contribution in [0.4, 0.5) is 0 Å². The highest BCUT2D eigenvalue weighted by molar-refractivity contribution is 9.09. The summed E-state index contributed by atoms with van der Waals surface area (Å²) in [5.74, 6) is -0.0706. The molecule has 1 N–H and O–H groups in total. The number of alkyl halides is 1. The number of nitrogens with one attached hydrogen (secondary N) is 1. The number of methoxy groups -OCH3 is 1. The molecule has 16 heavy (non-hydrogen) atoms. The van der Waals surface area contributed by atoms with Gasteiger partial charge in [-0.2, -0.15) is 0 Å². The highest BCUT2D eigenvalue weighted by Crippen LogP contribution is 2.19. The van der Waals surface area contributed by atoms with E-state index in [4.69, 9.17) is 9.47 Å². The predicted octanol–water partition coefficient (Wildman–Crippen LogP) is 1.58. The third-order valence-corrected chi connectivity index (χ3v) is 2.60. The second-order valence-electron chi connectivity index (χ2n) is 4.43. The van der Waals surface area contributed by atoms with E-state index in [2.05, 4.69) is 35.1 Å². The first-order valence-corrected chi connectivity index (χ1v) is 6.53. The highest BCUT2D eigenvalue weighted by Gasteiger charge is 2.17. The molecule has 0 aromatic heterocycles. The van der Waals surface area contributed by atoms with Gasteiger partial charge < -0.3 is 14.8 Å². The van der Waals surface area contributed by atoms with Crippen LogP contribution in [0, 0.1) is 5.41 Å². The molecule has 0 rings (SSSR count). The largest absolute Gasteiger partial charge is 0.382 e. The van der Waals surface area contributed by atoms with Crippen LogP contribution in [0.5, 0.6) is 0 Å². The lowest BCUT2D eigenvalue weighted by atomic mass is 9.90. The Labute approximate surface area is 106 Å². The molecule has 0 unspecified atom stereocenters. The van der Waals surface area contributed by atoms with Crippen molar-refractivity contribution in [1.82, 2.24) is 5.32 Å². The Morgan fingerprint density at radius 3 is 2.62 bits per heavy atom. The number of rotatable bonds is 9. The fraction of sp³-hybridized carbons (Fsp3) is 0.909. The van der Waals surface area contributed by atoms with Gasteiger partial charge in [0.2, 0.25) is 5.91 Å². The van der Waals surface area contributed by atoms with Gasteiger partial charge >= 0.3 is 0 Å². The number of carbonyl (C=O) groups excluding carboxylic acids is 1. The normalized spacial score (nSPS) is 11.5. The van der Waals surface area contributed by atoms with Crippen LogP contribution >= 0.6 is 15.9 Å². The quantitative estimate of drug-likeness (QED) is 0.519. The molecule has 0 aliphatic carbocycles. The van der Waals surface area contributed by atoms with Crippen molar-refractivity contribution < 1.29 is 14.3 Å². The molecule has 96 valence electrons. The van der Waals surface area contributed by atoms with Gasteiger partial charge in [-0.1, -0.05) is 29.8 Å². The number of halogens is 1. The predicted molar refractivity (Wildman–Crippen MR) is 67.9 cm³/mol. The zero-order valence-electron chi connectivity index (χ0n) is 10.3. The van der Waals surface area contributed by atoms with Crippen LogP contribution in [0.2, 0.25) is 0 Å². The molecular formula is C11H22BrNO3. The third-order valence-electron chi connectivity index (χ3n) is 2.20. The van der Waals surface area contributed by atoms with Crippen molar-refractivity contribution in [3.63, 3.8) is 0 Å². The van der Waals surface area contributed by atoms with Crippen molar-refractivity contribution in [2.45, 2.75) is 20.3 Å². The van der Waals surface area contributed by atoms with Crippen LogP contribution in [-0.4, -0.2) is 44.7 Å². The van der Waals surface area contributed by atoms with Crippen molar-refractivity contribution in [3.8, 4) is 0 Å². The van der Waals surface area contributed by atoms with E-state index in [0.29, 0.717) is 19.8 Å². The minimum atomic E-state index is -0.0706. The molecule has 0 saturated heterocycles. The van der Waals surface area contributed by atoms with Crippen molar-refractivity contribution in [1.29, 1.82) is 0 Å². The molecule has 0 aliphatic heterocycles. The van der Waals surface area contributed by atoms with Gasteiger partial charge in [0.15, 0.2) is 0 Å². The fourth-order valence-electron chi connectivity index (χ4n) is 1.04. The molecule has 0 bridgehead atoms. The number of ether oxygens (including phenoxy) is 2. The molecular weight excluding hydrogens is 274 g/mol. The summed E-state index contributed by atoms with van der Waals surface area (Å²) in [4.78, 5) is 11.4. The number of hydrogen-bond donors (Lipinski definition) is 1. The minimum absolute atomic E-state index is 0.0706. The molecule has 0 aromatic carbocycles. The van der Waals surface area contributed by atoms with E-state index in [-0.39, 0.29) is 17.9 Å². The summed E-state index contributed by atoms with van der Waals surface area (Å²) in [6.45, 7) is 6.00. The molecule has 0 heterocycles. The number of amides is 1. The molecule has 0 fully saturated rings. The Morgan fingerprint density at radius 1 is 1.38 bits per heavy atom. The van der Waals surface area contributed by atoms with Crippen LogP contribution in [0.25, 0.3) is 0 Å². The summed E-state index contributed by atoms with van der Waals surface area (Å²) >= 11 is 3.40. The van der Waals surface area contributed by atoms with E-state index in [9.17, 15) is 4.79 Å². The third kappa shape index (κ3) is 9.12. The van der Waals surface area contributed by atoms with Gasteiger partial charge in [0.05, 0.1) is 13.2 Å². The summed E-state index contributed by atoms with van der Waals surface area (Å²) in [6.07, 6.45) is 1.03. The zero-order valence-corrected chi connectivity index (χ0v) is 11.9. The standard InChI is InChI=1S/C11H22BrNO3/c1-11(2,4-5-12)9-13-10(14)8-16-7-6-15-3/h4-9H2,1-3H3,(H,13,14). The fourth-order valence-corrected chi connectivity index (χ4v) is 2.11.